The van der Waals surface area contributed by atoms with Gasteiger partial charge in [0.15, 0.2) is 0 Å². The number of nitrogens with zero attached hydrogens (tertiary/aromatic N) is 1. The van der Waals surface area contributed by atoms with Crippen LogP contribution in [-0.2, 0) is 16.0 Å². The summed E-state index contributed by atoms with van der Waals surface area (Å²) in [4.78, 5) is 25.8. The summed E-state index contributed by atoms with van der Waals surface area (Å²) in [5.41, 5.74) is 1.30. The highest BCUT2D eigenvalue weighted by Gasteiger charge is 2.23. The van der Waals surface area contributed by atoms with Crippen LogP contribution in [0.5, 0.6) is 0 Å². The molecule has 0 radical (unpaired) electrons. The summed E-state index contributed by atoms with van der Waals surface area (Å²) >= 11 is 0. The average molecular weight is 330 g/mol. The summed E-state index contributed by atoms with van der Waals surface area (Å²) in [5, 5.41) is 2.97. The van der Waals surface area contributed by atoms with Crippen molar-refractivity contribution in [3.63, 3.8) is 0 Å². The lowest BCUT2D eigenvalue weighted by atomic mass is 9.94. The SMILES string of the molecule is CC(=O)N(CCC(=O)NCCCc1ccccc1)C1CCCCC1. The van der Waals surface area contributed by atoms with Gasteiger partial charge in [0.2, 0.25) is 11.8 Å². The van der Waals surface area contributed by atoms with Gasteiger partial charge in [-0.05, 0) is 31.2 Å². The molecule has 4 heteroatoms. The molecule has 1 aromatic carbocycles. The van der Waals surface area contributed by atoms with E-state index in [-0.39, 0.29) is 11.8 Å². The number of carbonyl (C=O) groups excluding carboxylic acids is 2. The van der Waals surface area contributed by atoms with Crippen molar-refractivity contribution in [2.75, 3.05) is 13.1 Å². The van der Waals surface area contributed by atoms with Crippen LogP contribution in [0.3, 0.4) is 0 Å². The van der Waals surface area contributed by atoms with Crippen LogP contribution in [0.4, 0.5) is 0 Å². The predicted molar refractivity (Wildman–Crippen MR) is 96.6 cm³/mol. The Morgan fingerprint density at radius 1 is 1.12 bits per heavy atom. The molecule has 2 amide bonds. The van der Waals surface area contributed by atoms with Crippen LogP contribution < -0.4 is 5.32 Å². The number of aryl methyl sites for hydroxylation is 1. The standard InChI is InChI=1S/C20H30N2O2/c1-17(23)22(19-12-6-3-7-13-19)16-14-20(24)21-15-8-11-18-9-4-2-5-10-18/h2,4-5,9-10,19H,3,6-8,11-16H2,1H3,(H,21,24). The minimum atomic E-state index is 0.0464. The molecule has 24 heavy (non-hydrogen) atoms. The fourth-order valence-electron chi connectivity index (χ4n) is 3.47. The van der Waals surface area contributed by atoms with Crippen molar-refractivity contribution in [1.82, 2.24) is 10.2 Å². The lowest BCUT2D eigenvalue weighted by Crippen LogP contribution is -2.42. The van der Waals surface area contributed by atoms with Gasteiger partial charge in [0, 0.05) is 32.5 Å². The molecule has 132 valence electrons. The zero-order chi connectivity index (χ0) is 17.2. The predicted octanol–water partition coefficient (Wildman–Crippen LogP) is 3.31. The molecule has 1 aromatic rings. The molecule has 0 aliphatic heterocycles. The van der Waals surface area contributed by atoms with E-state index in [1.54, 1.807) is 6.92 Å². The number of hydrogen-bond donors (Lipinski definition) is 1. The van der Waals surface area contributed by atoms with Gasteiger partial charge < -0.3 is 10.2 Å². The van der Waals surface area contributed by atoms with Gasteiger partial charge in [0.05, 0.1) is 0 Å². The molecule has 0 bridgehead atoms. The summed E-state index contributed by atoms with van der Waals surface area (Å²) in [5.74, 6) is 0.142. The van der Waals surface area contributed by atoms with E-state index in [1.165, 1.54) is 24.8 Å². The Morgan fingerprint density at radius 3 is 2.50 bits per heavy atom. The smallest absolute Gasteiger partial charge is 0.221 e. The first-order valence-electron chi connectivity index (χ1n) is 9.24. The third-order valence-electron chi connectivity index (χ3n) is 4.81. The molecule has 0 spiro atoms. The highest BCUT2D eigenvalue weighted by atomic mass is 16.2. The molecule has 0 saturated heterocycles. The minimum absolute atomic E-state index is 0.0464. The van der Waals surface area contributed by atoms with E-state index < -0.39 is 0 Å². The lowest BCUT2D eigenvalue weighted by Gasteiger charge is -2.33. The average Bonchev–Trinajstić information content (AvgIpc) is 2.60. The van der Waals surface area contributed by atoms with Gasteiger partial charge in [-0.2, -0.15) is 0 Å². The van der Waals surface area contributed by atoms with Crippen LogP contribution >= 0.6 is 0 Å². The van der Waals surface area contributed by atoms with E-state index in [0.717, 1.165) is 25.7 Å². The zero-order valence-electron chi connectivity index (χ0n) is 14.8. The Kier molecular flexibility index (Phi) is 7.80. The van der Waals surface area contributed by atoms with E-state index in [0.29, 0.717) is 25.6 Å². The number of carbonyl (C=O) groups is 2. The summed E-state index contributed by atoms with van der Waals surface area (Å²) in [6.45, 7) is 2.86. The highest BCUT2D eigenvalue weighted by Crippen LogP contribution is 2.22. The van der Waals surface area contributed by atoms with Gasteiger partial charge >= 0.3 is 0 Å². The van der Waals surface area contributed by atoms with Gasteiger partial charge in [0.25, 0.3) is 0 Å². The largest absolute Gasteiger partial charge is 0.356 e. The second-order valence-corrected chi connectivity index (χ2v) is 6.69. The molecule has 2 rings (SSSR count). The van der Waals surface area contributed by atoms with Crippen LogP contribution in [0, 0.1) is 0 Å². The maximum Gasteiger partial charge on any atom is 0.221 e. The van der Waals surface area contributed by atoms with E-state index in [4.69, 9.17) is 0 Å². The Balaban J connectivity index is 1.64. The Morgan fingerprint density at radius 2 is 1.83 bits per heavy atom. The summed E-state index contributed by atoms with van der Waals surface area (Å²) < 4.78 is 0. The normalized spacial score (nSPS) is 15.0. The highest BCUT2D eigenvalue weighted by molar-refractivity contribution is 5.78. The maximum absolute atomic E-state index is 12.0. The third kappa shape index (κ3) is 6.34. The van der Waals surface area contributed by atoms with Gasteiger partial charge in [-0.15, -0.1) is 0 Å². The van der Waals surface area contributed by atoms with Crippen LogP contribution in [0.2, 0.25) is 0 Å². The van der Waals surface area contributed by atoms with Crippen LogP contribution in [-0.4, -0.2) is 35.8 Å². The van der Waals surface area contributed by atoms with Crippen LogP contribution in [0.15, 0.2) is 30.3 Å². The van der Waals surface area contributed by atoms with Crippen LogP contribution in [0.1, 0.15) is 57.4 Å². The van der Waals surface area contributed by atoms with E-state index in [1.807, 2.05) is 23.1 Å². The molecule has 1 aliphatic rings. The fraction of sp³-hybridized carbons (Fsp3) is 0.600. The van der Waals surface area contributed by atoms with Crippen molar-refractivity contribution >= 4 is 11.8 Å². The third-order valence-corrected chi connectivity index (χ3v) is 4.81. The second-order valence-electron chi connectivity index (χ2n) is 6.69. The number of nitrogens with one attached hydrogen (secondary N) is 1. The summed E-state index contributed by atoms with van der Waals surface area (Å²) in [6.07, 6.45) is 8.14. The molecule has 0 aromatic heterocycles. The van der Waals surface area contributed by atoms with E-state index in [2.05, 4.69) is 17.4 Å². The van der Waals surface area contributed by atoms with Crippen LogP contribution in [0.25, 0.3) is 0 Å². The molecule has 1 fully saturated rings. The molecular weight excluding hydrogens is 300 g/mol. The maximum atomic E-state index is 12.0. The minimum Gasteiger partial charge on any atom is -0.356 e. The summed E-state index contributed by atoms with van der Waals surface area (Å²) in [6, 6.07) is 10.6. The summed E-state index contributed by atoms with van der Waals surface area (Å²) in [7, 11) is 0. The van der Waals surface area contributed by atoms with Crippen molar-refractivity contribution in [2.24, 2.45) is 0 Å². The van der Waals surface area contributed by atoms with E-state index in [9.17, 15) is 9.59 Å². The molecule has 0 unspecified atom stereocenters. The topological polar surface area (TPSA) is 49.4 Å². The van der Waals surface area contributed by atoms with Gasteiger partial charge in [-0.25, -0.2) is 0 Å². The monoisotopic (exact) mass is 330 g/mol. The van der Waals surface area contributed by atoms with Crippen molar-refractivity contribution in [3.8, 4) is 0 Å². The number of rotatable bonds is 8. The Labute approximate surface area is 145 Å². The van der Waals surface area contributed by atoms with Gasteiger partial charge in [-0.3, -0.25) is 9.59 Å². The molecule has 0 heterocycles. The first kappa shape index (κ1) is 18.5. The van der Waals surface area contributed by atoms with Gasteiger partial charge in [-0.1, -0.05) is 49.6 Å². The van der Waals surface area contributed by atoms with Gasteiger partial charge in [0.1, 0.15) is 0 Å². The molecular formula is C20H30N2O2. The fourth-order valence-corrected chi connectivity index (χ4v) is 3.47. The zero-order valence-corrected chi connectivity index (χ0v) is 14.8. The second kappa shape index (κ2) is 10.1. The van der Waals surface area contributed by atoms with E-state index >= 15 is 0 Å². The van der Waals surface area contributed by atoms with Crippen molar-refractivity contribution in [3.05, 3.63) is 35.9 Å². The molecule has 4 nitrogen and oxygen atoms in total. The molecule has 0 atom stereocenters. The molecule has 1 saturated carbocycles. The van der Waals surface area contributed by atoms with Crippen molar-refractivity contribution in [1.29, 1.82) is 0 Å². The number of hydrogen-bond acceptors (Lipinski definition) is 2. The number of benzene rings is 1. The van der Waals surface area contributed by atoms with Crippen molar-refractivity contribution < 1.29 is 9.59 Å². The van der Waals surface area contributed by atoms with Crippen molar-refractivity contribution in [2.45, 2.75) is 64.3 Å². The Hall–Kier alpha value is -1.84. The molecule has 1 aliphatic carbocycles. The quantitative estimate of drug-likeness (QED) is 0.744. The molecule has 1 N–H and O–H groups in total. The Bertz CT molecular complexity index is 510. The lowest BCUT2D eigenvalue weighted by molar-refractivity contribution is -0.132. The first-order chi connectivity index (χ1) is 11.7. The first-order valence-corrected chi connectivity index (χ1v) is 9.24. The number of amides is 2.